The zero-order chi connectivity index (χ0) is 16.9. The zero-order valence-electron chi connectivity index (χ0n) is 13.5. The van der Waals surface area contributed by atoms with E-state index in [2.05, 4.69) is 0 Å². The van der Waals surface area contributed by atoms with Crippen LogP contribution in [0, 0.1) is 23.7 Å². The lowest BCUT2D eigenvalue weighted by Crippen LogP contribution is -2.27. The van der Waals surface area contributed by atoms with Gasteiger partial charge in [0.05, 0.1) is 6.07 Å². The molecule has 2 aromatic carbocycles. The summed E-state index contributed by atoms with van der Waals surface area (Å²) in [5.41, 5.74) is 1.13. The summed E-state index contributed by atoms with van der Waals surface area (Å²) >= 11 is 0. The highest BCUT2D eigenvalue weighted by molar-refractivity contribution is 5.81. The number of carbonyl (C=O) groups is 1. The highest BCUT2D eigenvalue weighted by atomic mass is 16.5. The number of ether oxygens (including phenoxy) is 2. The van der Waals surface area contributed by atoms with Gasteiger partial charge in [-0.3, -0.25) is 0 Å². The van der Waals surface area contributed by atoms with Crippen LogP contribution in [0.25, 0.3) is 0 Å². The molecule has 0 unspecified atom stereocenters. The molecule has 0 N–H and O–H groups in total. The van der Waals surface area contributed by atoms with E-state index in [4.69, 9.17) is 14.7 Å². The van der Waals surface area contributed by atoms with E-state index in [1.54, 1.807) is 24.3 Å². The Morgan fingerprint density at radius 3 is 2.17 bits per heavy atom. The van der Waals surface area contributed by atoms with E-state index >= 15 is 0 Å². The van der Waals surface area contributed by atoms with Crippen molar-refractivity contribution >= 4 is 5.97 Å². The standard InChI is InChI=1S/C19H19NO3/c1-14-4-6-15(7-5-14)12-22-16-8-10-17(11-9-16)23-18(21)19(2,3)13-20/h4-11H,12H2,1-3H3. The molecule has 118 valence electrons. The summed E-state index contributed by atoms with van der Waals surface area (Å²) in [5, 5.41) is 8.91. The highest BCUT2D eigenvalue weighted by Gasteiger charge is 2.29. The lowest BCUT2D eigenvalue weighted by Gasteiger charge is -2.14. The first-order valence-electron chi connectivity index (χ1n) is 7.33. The van der Waals surface area contributed by atoms with Crippen LogP contribution in [0.3, 0.4) is 0 Å². The fourth-order valence-corrected chi connectivity index (χ4v) is 1.74. The number of nitrogens with zero attached hydrogens (tertiary/aromatic N) is 1. The molecule has 0 saturated carbocycles. The first kappa shape index (κ1) is 16.6. The number of esters is 1. The van der Waals surface area contributed by atoms with Gasteiger partial charge in [0, 0.05) is 0 Å². The molecule has 0 saturated heterocycles. The lowest BCUT2D eigenvalue weighted by molar-refractivity contribution is -0.141. The fraction of sp³-hybridized carbons (Fsp3) is 0.263. The van der Waals surface area contributed by atoms with Gasteiger partial charge in [0.15, 0.2) is 0 Å². The second-order valence-electron chi connectivity index (χ2n) is 5.87. The third kappa shape index (κ3) is 4.58. The lowest BCUT2D eigenvalue weighted by atomic mass is 9.96. The summed E-state index contributed by atoms with van der Waals surface area (Å²) in [6.07, 6.45) is 0. The average molecular weight is 309 g/mol. The molecule has 0 radical (unpaired) electrons. The monoisotopic (exact) mass is 309 g/mol. The molecular weight excluding hydrogens is 290 g/mol. The number of hydrogen-bond donors (Lipinski definition) is 0. The first-order valence-corrected chi connectivity index (χ1v) is 7.33. The van der Waals surface area contributed by atoms with Gasteiger partial charge in [0.25, 0.3) is 0 Å². The molecule has 0 aliphatic carbocycles. The molecule has 0 aromatic heterocycles. The molecular formula is C19H19NO3. The second-order valence-corrected chi connectivity index (χ2v) is 5.87. The van der Waals surface area contributed by atoms with Crippen molar-refractivity contribution in [1.29, 1.82) is 5.26 Å². The minimum absolute atomic E-state index is 0.390. The first-order chi connectivity index (χ1) is 10.9. The third-order valence-electron chi connectivity index (χ3n) is 3.35. The Balaban J connectivity index is 1.93. The Hall–Kier alpha value is -2.80. The van der Waals surface area contributed by atoms with Crippen molar-refractivity contribution in [3.8, 4) is 17.6 Å². The quantitative estimate of drug-likeness (QED) is 0.618. The van der Waals surface area contributed by atoms with Gasteiger partial charge in [-0.2, -0.15) is 5.26 Å². The van der Waals surface area contributed by atoms with E-state index in [1.807, 2.05) is 37.3 Å². The van der Waals surface area contributed by atoms with E-state index in [0.29, 0.717) is 18.1 Å². The number of carbonyl (C=O) groups excluding carboxylic acids is 1. The van der Waals surface area contributed by atoms with Crippen LogP contribution in [-0.2, 0) is 11.4 Å². The van der Waals surface area contributed by atoms with Crippen LogP contribution < -0.4 is 9.47 Å². The van der Waals surface area contributed by atoms with Crippen LogP contribution in [0.15, 0.2) is 48.5 Å². The minimum Gasteiger partial charge on any atom is -0.489 e. The molecule has 2 aromatic rings. The maximum atomic E-state index is 11.8. The zero-order valence-corrected chi connectivity index (χ0v) is 13.5. The molecule has 23 heavy (non-hydrogen) atoms. The van der Waals surface area contributed by atoms with Crippen molar-refractivity contribution in [2.45, 2.75) is 27.4 Å². The highest BCUT2D eigenvalue weighted by Crippen LogP contribution is 2.22. The molecule has 0 fully saturated rings. The average Bonchev–Trinajstić information content (AvgIpc) is 2.55. The van der Waals surface area contributed by atoms with Crippen LogP contribution in [0.5, 0.6) is 11.5 Å². The number of aryl methyl sites for hydroxylation is 1. The number of rotatable bonds is 5. The van der Waals surface area contributed by atoms with E-state index in [9.17, 15) is 4.79 Å². The van der Waals surface area contributed by atoms with Crippen LogP contribution in [-0.4, -0.2) is 5.97 Å². The predicted molar refractivity (Wildman–Crippen MR) is 87.0 cm³/mol. The molecule has 4 nitrogen and oxygen atoms in total. The van der Waals surface area contributed by atoms with Crippen LogP contribution in [0.1, 0.15) is 25.0 Å². The van der Waals surface area contributed by atoms with E-state index in [1.165, 1.54) is 19.4 Å². The van der Waals surface area contributed by atoms with Crippen molar-refractivity contribution in [3.63, 3.8) is 0 Å². The van der Waals surface area contributed by atoms with Gasteiger partial charge in [-0.25, -0.2) is 4.79 Å². The summed E-state index contributed by atoms with van der Waals surface area (Å²) in [7, 11) is 0. The van der Waals surface area contributed by atoms with Crippen LogP contribution in [0.2, 0.25) is 0 Å². The number of hydrogen-bond acceptors (Lipinski definition) is 4. The molecule has 2 rings (SSSR count). The van der Waals surface area contributed by atoms with Crippen LogP contribution >= 0.6 is 0 Å². The fourth-order valence-electron chi connectivity index (χ4n) is 1.74. The second kappa shape index (κ2) is 6.97. The molecule has 4 heteroatoms. The van der Waals surface area contributed by atoms with E-state index < -0.39 is 11.4 Å². The molecule has 0 spiro atoms. The molecule has 0 amide bonds. The SMILES string of the molecule is Cc1ccc(COc2ccc(OC(=O)C(C)(C)C#N)cc2)cc1. The summed E-state index contributed by atoms with van der Waals surface area (Å²) in [4.78, 5) is 11.8. The molecule has 0 aliphatic heterocycles. The van der Waals surface area contributed by atoms with Gasteiger partial charge in [-0.1, -0.05) is 29.8 Å². The Labute approximate surface area is 136 Å². The van der Waals surface area contributed by atoms with Crippen molar-refractivity contribution in [3.05, 3.63) is 59.7 Å². The summed E-state index contributed by atoms with van der Waals surface area (Å²) < 4.78 is 10.9. The van der Waals surface area contributed by atoms with E-state index in [-0.39, 0.29) is 0 Å². The smallest absolute Gasteiger partial charge is 0.331 e. The molecule has 0 aliphatic rings. The topological polar surface area (TPSA) is 59.3 Å². The Morgan fingerprint density at radius 2 is 1.61 bits per heavy atom. The largest absolute Gasteiger partial charge is 0.489 e. The molecule has 0 bridgehead atoms. The van der Waals surface area contributed by atoms with Gasteiger partial charge in [-0.15, -0.1) is 0 Å². The Bertz CT molecular complexity index is 710. The minimum atomic E-state index is -1.17. The Morgan fingerprint density at radius 1 is 1.04 bits per heavy atom. The van der Waals surface area contributed by atoms with Crippen molar-refractivity contribution in [2.75, 3.05) is 0 Å². The summed E-state index contributed by atoms with van der Waals surface area (Å²) in [6.45, 7) is 5.56. The van der Waals surface area contributed by atoms with Gasteiger partial charge in [-0.05, 0) is 50.6 Å². The maximum absolute atomic E-state index is 11.8. The predicted octanol–water partition coefficient (Wildman–Crippen LogP) is 4.03. The van der Waals surface area contributed by atoms with Gasteiger partial charge in [0.2, 0.25) is 0 Å². The summed E-state index contributed by atoms with van der Waals surface area (Å²) in [5.74, 6) is 0.499. The number of benzene rings is 2. The summed E-state index contributed by atoms with van der Waals surface area (Å²) in [6, 6.07) is 16.8. The normalized spacial score (nSPS) is 10.7. The van der Waals surface area contributed by atoms with Crippen molar-refractivity contribution in [2.24, 2.45) is 5.41 Å². The van der Waals surface area contributed by atoms with Crippen LogP contribution in [0.4, 0.5) is 0 Å². The van der Waals surface area contributed by atoms with Gasteiger partial charge < -0.3 is 9.47 Å². The van der Waals surface area contributed by atoms with Gasteiger partial charge in [0.1, 0.15) is 23.5 Å². The third-order valence-corrected chi connectivity index (χ3v) is 3.35. The Kier molecular flexibility index (Phi) is 5.02. The van der Waals surface area contributed by atoms with Gasteiger partial charge >= 0.3 is 5.97 Å². The van der Waals surface area contributed by atoms with E-state index in [0.717, 1.165) is 5.56 Å². The molecule has 0 atom stereocenters. The van der Waals surface area contributed by atoms with Crippen molar-refractivity contribution in [1.82, 2.24) is 0 Å². The number of nitriles is 1. The molecule has 0 heterocycles. The maximum Gasteiger partial charge on any atom is 0.331 e. The van der Waals surface area contributed by atoms with Crippen molar-refractivity contribution < 1.29 is 14.3 Å².